The number of esters is 1. The molecule has 0 saturated heterocycles. The molecule has 0 aliphatic heterocycles. The van der Waals surface area contributed by atoms with Gasteiger partial charge in [0.2, 0.25) is 0 Å². The average Bonchev–Trinajstić information content (AvgIpc) is 2.18. The summed E-state index contributed by atoms with van der Waals surface area (Å²) in [4.78, 5) is 11.2. The Morgan fingerprint density at radius 1 is 1.43 bits per heavy atom. The molecule has 0 aromatic heterocycles. The standard InChI is InChI=1S/C9H19NO4/c1-4-14-9(11)8(10-2)7-13-6-5-12-3/h8,10H,4-7H2,1-3H3. The molecule has 0 aliphatic carbocycles. The van der Waals surface area contributed by atoms with Gasteiger partial charge in [0.05, 0.1) is 26.4 Å². The van der Waals surface area contributed by atoms with E-state index < -0.39 is 6.04 Å². The van der Waals surface area contributed by atoms with E-state index in [2.05, 4.69) is 5.32 Å². The molecule has 0 saturated carbocycles. The molecular formula is C9H19NO4. The summed E-state index contributed by atoms with van der Waals surface area (Å²) in [6, 6.07) is -0.396. The first-order valence-electron chi connectivity index (χ1n) is 4.66. The summed E-state index contributed by atoms with van der Waals surface area (Å²) in [6.45, 7) is 3.47. The lowest BCUT2D eigenvalue weighted by atomic mass is 10.3. The van der Waals surface area contributed by atoms with Crippen LogP contribution in [0.2, 0.25) is 0 Å². The van der Waals surface area contributed by atoms with Crippen LogP contribution < -0.4 is 5.32 Å². The zero-order valence-corrected chi connectivity index (χ0v) is 9.04. The van der Waals surface area contributed by atoms with Gasteiger partial charge in [-0.1, -0.05) is 0 Å². The van der Waals surface area contributed by atoms with Crippen molar-refractivity contribution in [2.75, 3.05) is 40.6 Å². The Morgan fingerprint density at radius 3 is 2.64 bits per heavy atom. The van der Waals surface area contributed by atoms with Gasteiger partial charge in [-0.3, -0.25) is 4.79 Å². The summed E-state index contributed by atoms with van der Waals surface area (Å²) >= 11 is 0. The molecule has 0 heterocycles. The van der Waals surface area contributed by atoms with Crippen molar-refractivity contribution in [1.29, 1.82) is 0 Å². The van der Waals surface area contributed by atoms with E-state index in [4.69, 9.17) is 14.2 Å². The third-order valence-corrected chi connectivity index (χ3v) is 1.64. The van der Waals surface area contributed by atoms with E-state index in [0.29, 0.717) is 26.4 Å². The molecule has 14 heavy (non-hydrogen) atoms. The van der Waals surface area contributed by atoms with E-state index >= 15 is 0 Å². The second-order valence-corrected chi connectivity index (χ2v) is 2.66. The van der Waals surface area contributed by atoms with Crippen molar-refractivity contribution in [2.24, 2.45) is 0 Å². The third kappa shape index (κ3) is 5.90. The highest BCUT2D eigenvalue weighted by Crippen LogP contribution is 1.90. The molecule has 0 aromatic rings. The summed E-state index contributed by atoms with van der Waals surface area (Å²) in [5, 5.41) is 2.82. The molecule has 0 aliphatic rings. The van der Waals surface area contributed by atoms with E-state index in [1.54, 1.807) is 21.1 Å². The van der Waals surface area contributed by atoms with Gasteiger partial charge in [0, 0.05) is 7.11 Å². The first-order valence-corrected chi connectivity index (χ1v) is 4.66. The Hall–Kier alpha value is -0.650. The van der Waals surface area contributed by atoms with Crippen LogP contribution in [0.15, 0.2) is 0 Å². The van der Waals surface area contributed by atoms with Crippen LogP contribution in [-0.2, 0) is 19.0 Å². The van der Waals surface area contributed by atoms with Crippen LogP contribution in [0.25, 0.3) is 0 Å². The van der Waals surface area contributed by atoms with E-state index in [0.717, 1.165) is 0 Å². The van der Waals surface area contributed by atoms with Gasteiger partial charge < -0.3 is 19.5 Å². The minimum absolute atomic E-state index is 0.285. The van der Waals surface area contributed by atoms with Crippen molar-refractivity contribution in [3.63, 3.8) is 0 Å². The number of likely N-dealkylation sites (N-methyl/N-ethyl adjacent to an activating group) is 1. The van der Waals surface area contributed by atoms with Gasteiger partial charge in [0.25, 0.3) is 0 Å². The number of carbonyl (C=O) groups excluding carboxylic acids is 1. The van der Waals surface area contributed by atoms with Gasteiger partial charge in [0.15, 0.2) is 0 Å². The van der Waals surface area contributed by atoms with Crippen molar-refractivity contribution >= 4 is 5.97 Å². The van der Waals surface area contributed by atoms with Crippen LogP contribution in [0.1, 0.15) is 6.92 Å². The first-order chi connectivity index (χ1) is 6.76. The van der Waals surface area contributed by atoms with E-state index in [9.17, 15) is 4.79 Å². The summed E-state index contributed by atoms with van der Waals surface area (Å²) in [6.07, 6.45) is 0. The Labute approximate surface area is 84.7 Å². The average molecular weight is 205 g/mol. The van der Waals surface area contributed by atoms with Crippen LogP contribution in [0.5, 0.6) is 0 Å². The van der Waals surface area contributed by atoms with Crippen LogP contribution >= 0.6 is 0 Å². The maximum absolute atomic E-state index is 11.2. The summed E-state index contributed by atoms with van der Waals surface area (Å²) in [5.41, 5.74) is 0. The molecule has 0 rings (SSSR count). The Morgan fingerprint density at radius 2 is 2.14 bits per heavy atom. The number of methoxy groups -OCH3 is 1. The third-order valence-electron chi connectivity index (χ3n) is 1.64. The van der Waals surface area contributed by atoms with Crippen molar-refractivity contribution in [2.45, 2.75) is 13.0 Å². The highest BCUT2D eigenvalue weighted by atomic mass is 16.5. The van der Waals surface area contributed by atoms with Crippen LogP contribution in [-0.4, -0.2) is 52.6 Å². The largest absolute Gasteiger partial charge is 0.465 e. The Bertz CT molecular complexity index is 152. The number of hydrogen-bond donors (Lipinski definition) is 1. The first kappa shape index (κ1) is 13.4. The number of ether oxygens (including phenoxy) is 3. The van der Waals surface area contributed by atoms with Gasteiger partial charge in [-0.15, -0.1) is 0 Å². The lowest BCUT2D eigenvalue weighted by Crippen LogP contribution is -2.39. The molecule has 0 amide bonds. The zero-order chi connectivity index (χ0) is 10.8. The molecule has 0 aromatic carbocycles. The number of nitrogens with one attached hydrogen (secondary N) is 1. The molecule has 0 radical (unpaired) electrons. The summed E-state index contributed by atoms with van der Waals surface area (Å²) in [5.74, 6) is -0.285. The summed E-state index contributed by atoms with van der Waals surface area (Å²) in [7, 11) is 3.30. The maximum Gasteiger partial charge on any atom is 0.325 e. The molecule has 0 spiro atoms. The molecule has 0 fully saturated rings. The minimum atomic E-state index is -0.396. The maximum atomic E-state index is 11.2. The highest BCUT2D eigenvalue weighted by Gasteiger charge is 2.17. The fourth-order valence-electron chi connectivity index (χ4n) is 0.856. The quantitative estimate of drug-likeness (QED) is 0.439. The number of rotatable bonds is 8. The van der Waals surface area contributed by atoms with Gasteiger partial charge in [-0.25, -0.2) is 0 Å². The normalized spacial score (nSPS) is 12.5. The lowest BCUT2D eigenvalue weighted by Gasteiger charge is -2.14. The number of carbonyl (C=O) groups is 1. The van der Waals surface area contributed by atoms with E-state index in [1.807, 2.05) is 0 Å². The minimum Gasteiger partial charge on any atom is -0.465 e. The molecule has 1 unspecified atom stereocenters. The fraction of sp³-hybridized carbons (Fsp3) is 0.889. The van der Waals surface area contributed by atoms with Crippen molar-refractivity contribution in [3.05, 3.63) is 0 Å². The van der Waals surface area contributed by atoms with Crippen molar-refractivity contribution in [1.82, 2.24) is 5.32 Å². The van der Waals surface area contributed by atoms with Gasteiger partial charge in [0.1, 0.15) is 6.04 Å². The molecule has 5 heteroatoms. The van der Waals surface area contributed by atoms with Crippen LogP contribution in [0, 0.1) is 0 Å². The van der Waals surface area contributed by atoms with Crippen molar-refractivity contribution < 1.29 is 19.0 Å². The topological polar surface area (TPSA) is 56.8 Å². The van der Waals surface area contributed by atoms with E-state index in [1.165, 1.54) is 0 Å². The second kappa shape index (κ2) is 8.93. The highest BCUT2D eigenvalue weighted by molar-refractivity contribution is 5.75. The van der Waals surface area contributed by atoms with E-state index in [-0.39, 0.29) is 5.97 Å². The molecule has 1 N–H and O–H groups in total. The fourth-order valence-corrected chi connectivity index (χ4v) is 0.856. The molecule has 0 bridgehead atoms. The zero-order valence-electron chi connectivity index (χ0n) is 9.04. The van der Waals surface area contributed by atoms with Crippen LogP contribution in [0.4, 0.5) is 0 Å². The van der Waals surface area contributed by atoms with Crippen LogP contribution in [0.3, 0.4) is 0 Å². The second-order valence-electron chi connectivity index (χ2n) is 2.66. The predicted octanol–water partition coefficient (Wildman–Crippen LogP) is -0.199. The Kier molecular flexibility index (Phi) is 8.51. The molecule has 1 atom stereocenters. The van der Waals surface area contributed by atoms with Gasteiger partial charge in [-0.2, -0.15) is 0 Å². The van der Waals surface area contributed by atoms with Gasteiger partial charge in [-0.05, 0) is 14.0 Å². The Balaban J connectivity index is 3.62. The number of hydrogen-bond acceptors (Lipinski definition) is 5. The van der Waals surface area contributed by atoms with Crippen molar-refractivity contribution in [3.8, 4) is 0 Å². The molecule has 5 nitrogen and oxygen atoms in total. The lowest BCUT2D eigenvalue weighted by molar-refractivity contribution is -0.147. The monoisotopic (exact) mass is 205 g/mol. The van der Waals surface area contributed by atoms with Gasteiger partial charge >= 0.3 is 5.97 Å². The predicted molar refractivity (Wildman–Crippen MR) is 52.2 cm³/mol. The molecule has 84 valence electrons. The molecular weight excluding hydrogens is 186 g/mol. The smallest absolute Gasteiger partial charge is 0.325 e. The summed E-state index contributed by atoms with van der Waals surface area (Å²) < 4.78 is 14.8. The SMILES string of the molecule is CCOC(=O)C(COCCOC)NC.